The molecule has 4 fully saturated rings. The van der Waals surface area contributed by atoms with Gasteiger partial charge in [-0.1, -0.05) is 0 Å². The van der Waals surface area contributed by atoms with E-state index in [2.05, 4.69) is 5.32 Å². The first kappa shape index (κ1) is 20.7. The molecule has 8 nitrogen and oxygen atoms in total. The second-order valence-electron chi connectivity index (χ2n) is 9.72. The monoisotopic (exact) mass is 396 g/mol. The maximum Gasteiger partial charge on any atom is 0.410 e. The van der Waals surface area contributed by atoms with Crippen LogP contribution >= 0.6 is 0 Å². The second-order valence-corrected chi connectivity index (χ2v) is 9.72. The van der Waals surface area contributed by atoms with E-state index < -0.39 is 35.3 Å². The van der Waals surface area contributed by atoms with Gasteiger partial charge >= 0.3 is 18.2 Å². The summed E-state index contributed by atoms with van der Waals surface area (Å²) in [6, 6.07) is -1.20. The molecule has 0 unspecified atom stereocenters. The number of carbonyl (C=O) groups excluding carboxylic acids is 2. The summed E-state index contributed by atoms with van der Waals surface area (Å²) in [6.45, 7) is 4.98. The van der Waals surface area contributed by atoms with Crippen LogP contribution < -0.4 is 5.32 Å². The zero-order chi connectivity index (χ0) is 20.7. The van der Waals surface area contributed by atoms with Gasteiger partial charge in [-0.25, -0.2) is 14.4 Å². The van der Waals surface area contributed by atoms with E-state index in [0.29, 0.717) is 17.8 Å². The number of carboxylic acids is 1. The van der Waals surface area contributed by atoms with Crippen molar-refractivity contribution >= 4 is 18.2 Å². The lowest BCUT2D eigenvalue weighted by atomic mass is 9.52. The summed E-state index contributed by atoms with van der Waals surface area (Å²) in [5.74, 6) is 0.446. The molecule has 0 radical (unpaired) electrons. The zero-order valence-corrected chi connectivity index (χ0v) is 17.2. The van der Waals surface area contributed by atoms with E-state index in [1.807, 2.05) is 0 Å². The van der Waals surface area contributed by atoms with Gasteiger partial charge in [0.2, 0.25) is 0 Å². The van der Waals surface area contributed by atoms with Crippen molar-refractivity contribution in [2.45, 2.75) is 76.5 Å². The van der Waals surface area contributed by atoms with Gasteiger partial charge in [-0.05, 0) is 77.0 Å². The fraction of sp³-hybridized carbons (Fsp3) is 0.850. The number of aliphatic carboxylic acids is 1. The van der Waals surface area contributed by atoms with Gasteiger partial charge in [-0.3, -0.25) is 4.90 Å². The Hall–Kier alpha value is -1.99. The molecular weight excluding hydrogens is 364 g/mol. The molecule has 1 atom stereocenters. The summed E-state index contributed by atoms with van der Waals surface area (Å²) in [7, 11) is 1.27. The van der Waals surface area contributed by atoms with Gasteiger partial charge in [-0.15, -0.1) is 0 Å². The van der Waals surface area contributed by atoms with Crippen LogP contribution in [0.25, 0.3) is 0 Å². The lowest BCUT2D eigenvalue weighted by Gasteiger charge is -2.60. The molecule has 2 N–H and O–H groups in total. The first-order valence-electron chi connectivity index (χ1n) is 10.1. The summed E-state index contributed by atoms with van der Waals surface area (Å²) in [6.07, 6.45) is 4.60. The van der Waals surface area contributed by atoms with Crippen LogP contribution in [0.2, 0.25) is 0 Å². The fourth-order valence-electron chi connectivity index (χ4n) is 5.89. The molecule has 4 saturated carbocycles. The van der Waals surface area contributed by atoms with E-state index in [4.69, 9.17) is 9.47 Å². The van der Waals surface area contributed by atoms with E-state index >= 15 is 0 Å². The van der Waals surface area contributed by atoms with Crippen molar-refractivity contribution in [3.05, 3.63) is 0 Å². The van der Waals surface area contributed by atoms with E-state index in [0.717, 1.165) is 19.3 Å². The lowest BCUT2D eigenvalue weighted by Crippen LogP contribution is -2.67. The van der Waals surface area contributed by atoms with Crippen molar-refractivity contribution in [2.24, 2.45) is 17.8 Å². The van der Waals surface area contributed by atoms with Crippen LogP contribution in [0.5, 0.6) is 0 Å². The Morgan fingerprint density at radius 2 is 1.61 bits per heavy atom. The number of hydrogen-bond acceptors (Lipinski definition) is 5. The highest BCUT2D eigenvalue weighted by atomic mass is 16.6. The number of ether oxygens (including phenoxy) is 2. The minimum atomic E-state index is -1.20. The Bertz CT molecular complexity index is 606. The third-order valence-electron chi connectivity index (χ3n) is 6.32. The maximum atomic E-state index is 12.7. The molecule has 0 aromatic carbocycles. The van der Waals surface area contributed by atoms with E-state index in [9.17, 15) is 19.5 Å². The predicted octanol–water partition coefficient (Wildman–Crippen LogP) is 3.00. The predicted molar refractivity (Wildman–Crippen MR) is 101 cm³/mol. The Morgan fingerprint density at radius 1 is 1.11 bits per heavy atom. The van der Waals surface area contributed by atoms with Crippen LogP contribution in [0, 0.1) is 17.8 Å². The average Bonchev–Trinajstić information content (AvgIpc) is 2.54. The SMILES string of the molecule is COC(=O)N([C@@H](CNC(=O)OC(C)(C)C)C(=O)O)C12CC3CC(CC(C3)C1)C2. The lowest BCUT2D eigenvalue weighted by molar-refractivity contribution is -0.151. The summed E-state index contributed by atoms with van der Waals surface area (Å²) in [5.41, 5.74) is -1.19. The molecule has 0 aromatic heterocycles. The third kappa shape index (κ3) is 4.20. The normalized spacial score (nSPS) is 31.8. The first-order valence-corrected chi connectivity index (χ1v) is 10.1. The molecule has 4 rings (SSSR count). The molecular formula is C20H32N2O6. The molecule has 4 aliphatic carbocycles. The largest absolute Gasteiger partial charge is 0.480 e. The maximum absolute atomic E-state index is 12.7. The molecule has 2 amide bonds. The van der Waals surface area contributed by atoms with Crippen LogP contribution in [0.15, 0.2) is 0 Å². The molecule has 0 heterocycles. The number of methoxy groups -OCH3 is 1. The Kier molecular flexibility index (Phi) is 5.51. The van der Waals surface area contributed by atoms with Gasteiger partial charge < -0.3 is 19.9 Å². The standard InChI is InChI=1S/C20H32N2O6/c1-19(2,3)28-17(25)21-11-15(16(23)24)22(18(26)27-4)20-8-12-5-13(9-20)7-14(6-12)10-20/h12-15H,5-11H2,1-4H3,(H,21,25)(H,23,24)/t12?,13?,14?,15-,20?/m0/s1. The van der Waals surface area contributed by atoms with Crippen LogP contribution in [0.3, 0.4) is 0 Å². The van der Waals surface area contributed by atoms with E-state index in [1.54, 1.807) is 20.8 Å². The number of alkyl carbamates (subject to hydrolysis) is 1. The van der Waals surface area contributed by atoms with Gasteiger partial charge in [0.1, 0.15) is 5.60 Å². The number of nitrogens with zero attached hydrogens (tertiary/aromatic N) is 1. The summed E-state index contributed by atoms with van der Waals surface area (Å²) >= 11 is 0. The number of carbonyl (C=O) groups is 3. The highest BCUT2D eigenvalue weighted by Crippen LogP contribution is 2.58. The van der Waals surface area contributed by atoms with Gasteiger partial charge in [0.25, 0.3) is 0 Å². The minimum absolute atomic E-state index is 0.221. The highest BCUT2D eigenvalue weighted by molar-refractivity contribution is 5.82. The van der Waals surface area contributed by atoms with Crippen molar-refractivity contribution in [3.63, 3.8) is 0 Å². The zero-order valence-electron chi connectivity index (χ0n) is 17.2. The quantitative estimate of drug-likeness (QED) is 0.740. The molecule has 0 aromatic rings. The number of nitrogens with one attached hydrogen (secondary N) is 1. The third-order valence-corrected chi connectivity index (χ3v) is 6.32. The topological polar surface area (TPSA) is 105 Å². The minimum Gasteiger partial charge on any atom is -0.480 e. The molecule has 8 heteroatoms. The molecule has 0 saturated heterocycles. The Labute approximate surface area is 165 Å². The first-order chi connectivity index (χ1) is 13.0. The molecule has 158 valence electrons. The number of amides is 2. The number of rotatable bonds is 5. The van der Waals surface area contributed by atoms with Crippen molar-refractivity contribution < 1.29 is 29.0 Å². The van der Waals surface area contributed by atoms with Crippen LogP contribution in [0.1, 0.15) is 59.3 Å². The van der Waals surface area contributed by atoms with Crippen molar-refractivity contribution in [1.82, 2.24) is 10.2 Å². The summed E-state index contributed by atoms with van der Waals surface area (Å²) in [4.78, 5) is 38.3. The Balaban J connectivity index is 1.81. The molecule has 4 aliphatic rings. The van der Waals surface area contributed by atoms with Gasteiger partial charge in [0, 0.05) is 5.54 Å². The number of hydrogen-bond donors (Lipinski definition) is 2. The summed E-state index contributed by atoms with van der Waals surface area (Å²) in [5, 5.41) is 12.4. The smallest absolute Gasteiger partial charge is 0.410 e. The van der Waals surface area contributed by atoms with Gasteiger partial charge in [-0.2, -0.15) is 0 Å². The molecule has 4 bridgehead atoms. The van der Waals surface area contributed by atoms with Crippen LogP contribution in [0.4, 0.5) is 9.59 Å². The van der Waals surface area contributed by atoms with Crippen molar-refractivity contribution in [2.75, 3.05) is 13.7 Å². The van der Waals surface area contributed by atoms with Crippen LogP contribution in [-0.4, -0.2) is 59.0 Å². The summed E-state index contributed by atoms with van der Waals surface area (Å²) < 4.78 is 10.2. The Morgan fingerprint density at radius 3 is 2.00 bits per heavy atom. The number of carboxylic acid groups (broad SMARTS) is 1. The van der Waals surface area contributed by atoms with Crippen LogP contribution in [-0.2, 0) is 14.3 Å². The fourth-order valence-corrected chi connectivity index (χ4v) is 5.89. The van der Waals surface area contributed by atoms with Crippen molar-refractivity contribution in [3.8, 4) is 0 Å². The van der Waals surface area contributed by atoms with E-state index in [-0.39, 0.29) is 6.54 Å². The van der Waals surface area contributed by atoms with Gasteiger partial charge in [0.15, 0.2) is 6.04 Å². The molecule has 0 spiro atoms. The second kappa shape index (κ2) is 7.44. The van der Waals surface area contributed by atoms with Crippen molar-refractivity contribution in [1.29, 1.82) is 0 Å². The molecule has 28 heavy (non-hydrogen) atoms. The van der Waals surface area contributed by atoms with E-state index in [1.165, 1.54) is 31.3 Å². The molecule has 0 aliphatic heterocycles. The van der Waals surface area contributed by atoms with Gasteiger partial charge in [0.05, 0.1) is 13.7 Å². The highest BCUT2D eigenvalue weighted by Gasteiger charge is 2.57. The average molecular weight is 396 g/mol.